The van der Waals surface area contributed by atoms with E-state index < -0.39 is 36.1 Å². The highest BCUT2D eigenvalue weighted by atomic mass is 16.6. The number of carboxylic acids is 1. The summed E-state index contributed by atoms with van der Waals surface area (Å²) in [6.07, 6.45) is 0.0888. The van der Waals surface area contributed by atoms with Gasteiger partial charge in [0.25, 0.3) is 0 Å². The summed E-state index contributed by atoms with van der Waals surface area (Å²) in [5.41, 5.74) is -0.752. The summed E-state index contributed by atoms with van der Waals surface area (Å²) in [5.74, 6) is -2.04. The van der Waals surface area contributed by atoms with Crippen molar-refractivity contribution in [3.8, 4) is 0 Å². The van der Waals surface area contributed by atoms with Crippen molar-refractivity contribution in [2.45, 2.75) is 38.8 Å². The summed E-state index contributed by atoms with van der Waals surface area (Å²) >= 11 is 0. The number of aliphatic carboxylic acids is 1. The first kappa shape index (κ1) is 17.9. The molecule has 0 radical (unpaired) electrons. The minimum absolute atomic E-state index is 0.0126. The molecule has 1 atom stereocenters. The molecule has 0 fully saturated rings. The molecule has 0 saturated carbocycles. The first-order chi connectivity index (χ1) is 9.08. The van der Waals surface area contributed by atoms with Crippen LogP contribution in [0.3, 0.4) is 0 Å². The standard InChI is InChI=1S/C13H21NO6/c1-6-7-19-10(15)8-9(11(16)17)14(5)12(18)20-13(2,3)4/h6,9H,1,7-8H2,2-5H3,(H,16,17)/t9-/m1/s1. The minimum Gasteiger partial charge on any atom is -0.480 e. The lowest BCUT2D eigenvalue weighted by Gasteiger charge is -2.28. The first-order valence-corrected chi connectivity index (χ1v) is 6.03. The smallest absolute Gasteiger partial charge is 0.410 e. The van der Waals surface area contributed by atoms with Crippen LogP contribution in [0.25, 0.3) is 0 Å². The molecule has 0 aromatic carbocycles. The highest BCUT2D eigenvalue weighted by Gasteiger charge is 2.32. The van der Waals surface area contributed by atoms with E-state index in [0.29, 0.717) is 0 Å². The molecule has 0 heterocycles. The van der Waals surface area contributed by atoms with Crippen LogP contribution in [-0.4, -0.2) is 53.3 Å². The van der Waals surface area contributed by atoms with Crippen molar-refractivity contribution in [3.05, 3.63) is 12.7 Å². The molecule has 0 rings (SSSR count). The van der Waals surface area contributed by atoms with E-state index in [2.05, 4.69) is 6.58 Å². The topological polar surface area (TPSA) is 93.1 Å². The number of ether oxygens (including phenoxy) is 2. The largest absolute Gasteiger partial charge is 0.480 e. The Morgan fingerprint density at radius 2 is 1.90 bits per heavy atom. The molecule has 0 aliphatic carbocycles. The lowest BCUT2D eigenvalue weighted by Crippen LogP contribution is -2.46. The number of nitrogens with zero attached hydrogens (tertiary/aromatic N) is 1. The lowest BCUT2D eigenvalue weighted by atomic mass is 10.2. The molecule has 0 aromatic rings. The zero-order chi connectivity index (χ0) is 15.9. The number of carboxylic acid groups (broad SMARTS) is 1. The van der Waals surface area contributed by atoms with E-state index in [0.717, 1.165) is 4.90 Å². The first-order valence-electron chi connectivity index (χ1n) is 6.03. The van der Waals surface area contributed by atoms with Crippen molar-refractivity contribution < 1.29 is 29.0 Å². The number of hydrogen-bond acceptors (Lipinski definition) is 5. The van der Waals surface area contributed by atoms with Gasteiger partial charge in [-0.05, 0) is 20.8 Å². The fraction of sp³-hybridized carbons (Fsp3) is 0.615. The van der Waals surface area contributed by atoms with Gasteiger partial charge in [0.2, 0.25) is 0 Å². The van der Waals surface area contributed by atoms with Gasteiger partial charge in [-0.1, -0.05) is 12.7 Å². The number of amides is 1. The molecule has 114 valence electrons. The molecule has 0 bridgehead atoms. The number of esters is 1. The summed E-state index contributed by atoms with van der Waals surface area (Å²) < 4.78 is 9.75. The normalized spacial score (nSPS) is 12.2. The Morgan fingerprint density at radius 3 is 2.30 bits per heavy atom. The fourth-order valence-electron chi connectivity index (χ4n) is 1.22. The van der Waals surface area contributed by atoms with Gasteiger partial charge in [-0.15, -0.1) is 0 Å². The Labute approximate surface area is 118 Å². The molecule has 1 amide bonds. The molecule has 20 heavy (non-hydrogen) atoms. The Kier molecular flexibility index (Phi) is 6.75. The second-order valence-corrected chi connectivity index (χ2v) is 5.12. The second-order valence-electron chi connectivity index (χ2n) is 5.12. The predicted octanol–water partition coefficient (Wildman–Crippen LogP) is 1.43. The van der Waals surface area contributed by atoms with E-state index in [4.69, 9.17) is 14.6 Å². The Balaban J connectivity index is 4.74. The monoisotopic (exact) mass is 287 g/mol. The maximum atomic E-state index is 11.8. The lowest BCUT2D eigenvalue weighted by molar-refractivity contribution is -0.151. The van der Waals surface area contributed by atoms with E-state index >= 15 is 0 Å². The Bertz CT molecular complexity index is 385. The van der Waals surface area contributed by atoms with Crippen LogP contribution < -0.4 is 0 Å². The number of rotatable bonds is 6. The second kappa shape index (κ2) is 7.52. The molecule has 0 aliphatic heterocycles. The van der Waals surface area contributed by atoms with E-state index in [1.807, 2.05) is 0 Å². The van der Waals surface area contributed by atoms with Gasteiger partial charge in [-0.25, -0.2) is 9.59 Å². The summed E-state index contributed by atoms with van der Waals surface area (Å²) in [6, 6.07) is -1.35. The van der Waals surface area contributed by atoms with Gasteiger partial charge in [0, 0.05) is 7.05 Å². The minimum atomic E-state index is -1.35. The predicted molar refractivity (Wildman–Crippen MR) is 71.2 cm³/mol. The van der Waals surface area contributed by atoms with Crippen LogP contribution >= 0.6 is 0 Å². The van der Waals surface area contributed by atoms with E-state index in [1.54, 1.807) is 20.8 Å². The van der Waals surface area contributed by atoms with Crippen molar-refractivity contribution in [3.63, 3.8) is 0 Å². The number of hydrogen-bond donors (Lipinski definition) is 1. The molecule has 0 spiro atoms. The molecule has 0 saturated heterocycles. The third-order valence-corrected chi connectivity index (χ3v) is 2.16. The van der Waals surface area contributed by atoms with Gasteiger partial charge in [0.15, 0.2) is 0 Å². The Morgan fingerprint density at radius 1 is 1.35 bits per heavy atom. The van der Waals surface area contributed by atoms with Crippen molar-refractivity contribution >= 4 is 18.0 Å². The SMILES string of the molecule is C=CCOC(=O)C[C@H](C(=O)O)N(C)C(=O)OC(C)(C)C. The van der Waals surface area contributed by atoms with Crippen LogP contribution in [0.15, 0.2) is 12.7 Å². The van der Waals surface area contributed by atoms with E-state index in [-0.39, 0.29) is 6.61 Å². The summed E-state index contributed by atoms with van der Waals surface area (Å²) in [4.78, 5) is 35.2. The summed E-state index contributed by atoms with van der Waals surface area (Å²) in [7, 11) is 1.26. The number of likely N-dealkylation sites (N-methyl/N-ethyl adjacent to an activating group) is 1. The highest BCUT2D eigenvalue weighted by molar-refractivity contribution is 5.85. The molecule has 0 aliphatic rings. The van der Waals surface area contributed by atoms with Gasteiger partial charge in [-0.2, -0.15) is 0 Å². The summed E-state index contributed by atoms with van der Waals surface area (Å²) in [6.45, 7) is 8.34. The van der Waals surface area contributed by atoms with Gasteiger partial charge in [-0.3, -0.25) is 9.69 Å². The van der Waals surface area contributed by atoms with E-state index in [1.165, 1.54) is 13.1 Å². The van der Waals surface area contributed by atoms with Gasteiger partial charge >= 0.3 is 18.0 Å². The zero-order valence-electron chi connectivity index (χ0n) is 12.2. The molecular weight excluding hydrogens is 266 g/mol. The van der Waals surface area contributed by atoms with Gasteiger partial charge in [0.1, 0.15) is 18.2 Å². The summed E-state index contributed by atoms with van der Waals surface area (Å²) in [5, 5.41) is 9.09. The maximum absolute atomic E-state index is 11.8. The fourth-order valence-corrected chi connectivity index (χ4v) is 1.22. The highest BCUT2D eigenvalue weighted by Crippen LogP contribution is 2.12. The molecule has 7 heteroatoms. The van der Waals surface area contributed by atoms with Crippen LogP contribution in [0.2, 0.25) is 0 Å². The van der Waals surface area contributed by atoms with Crippen LogP contribution in [-0.2, 0) is 19.1 Å². The number of carbonyl (C=O) groups excluding carboxylic acids is 2. The van der Waals surface area contributed by atoms with E-state index in [9.17, 15) is 14.4 Å². The molecule has 0 unspecified atom stereocenters. The molecule has 1 N–H and O–H groups in total. The van der Waals surface area contributed by atoms with Crippen molar-refractivity contribution in [1.82, 2.24) is 4.90 Å². The van der Waals surface area contributed by atoms with Gasteiger partial charge < -0.3 is 14.6 Å². The molecule has 0 aromatic heterocycles. The third-order valence-electron chi connectivity index (χ3n) is 2.16. The van der Waals surface area contributed by atoms with Crippen LogP contribution in [0.4, 0.5) is 4.79 Å². The molecular formula is C13H21NO6. The van der Waals surface area contributed by atoms with Crippen molar-refractivity contribution in [1.29, 1.82) is 0 Å². The van der Waals surface area contributed by atoms with Crippen molar-refractivity contribution in [2.24, 2.45) is 0 Å². The van der Waals surface area contributed by atoms with Crippen LogP contribution in [0.1, 0.15) is 27.2 Å². The Hall–Kier alpha value is -2.05. The van der Waals surface area contributed by atoms with Gasteiger partial charge in [0.05, 0.1) is 6.42 Å². The third kappa shape index (κ3) is 6.77. The quantitative estimate of drug-likeness (QED) is 0.586. The number of carbonyl (C=O) groups is 3. The van der Waals surface area contributed by atoms with Crippen molar-refractivity contribution in [2.75, 3.05) is 13.7 Å². The van der Waals surface area contributed by atoms with Crippen LogP contribution in [0, 0.1) is 0 Å². The average molecular weight is 287 g/mol. The van der Waals surface area contributed by atoms with Crippen LogP contribution in [0.5, 0.6) is 0 Å². The zero-order valence-corrected chi connectivity index (χ0v) is 12.2. The molecule has 7 nitrogen and oxygen atoms in total. The average Bonchev–Trinajstić information content (AvgIpc) is 2.29. The maximum Gasteiger partial charge on any atom is 0.410 e.